The lowest BCUT2D eigenvalue weighted by molar-refractivity contribution is 0.669. The fourth-order valence-electron chi connectivity index (χ4n) is 5.78. The monoisotopic (exact) mass is 524 g/mol. The Morgan fingerprint density at radius 1 is 0.415 bits per heavy atom. The molecule has 0 atom stereocenters. The topological polar surface area (TPSA) is 38.9 Å². The van der Waals surface area contributed by atoms with E-state index in [1.807, 2.05) is 48.5 Å². The molecule has 0 saturated carbocycles. The molecule has 0 aliphatic rings. The third-order valence-electron chi connectivity index (χ3n) is 7.71. The third kappa shape index (κ3) is 3.98. The van der Waals surface area contributed by atoms with Gasteiger partial charge in [-0.2, -0.15) is 0 Å². The highest BCUT2D eigenvalue weighted by Crippen LogP contribution is 2.40. The summed E-state index contributed by atoms with van der Waals surface area (Å²) in [6.45, 7) is 0. The first-order chi connectivity index (χ1) is 20.3. The number of nitrogens with zero attached hydrogens (tertiary/aromatic N) is 2. The summed E-state index contributed by atoms with van der Waals surface area (Å²) >= 11 is 0. The van der Waals surface area contributed by atoms with Crippen molar-refractivity contribution in [1.82, 2.24) is 9.97 Å². The normalized spacial score (nSPS) is 11.4. The van der Waals surface area contributed by atoms with Crippen molar-refractivity contribution in [2.75, 3.05) is 0 Å². The summed E-state index contributed by atoms with van der Waals surface area (Å²) in [6, 6.07) is 50.2. The Bertz CT molecular complexity index is 2200. The number of hydrogen-bond acceptors (Lipinski definition) is 3. The Morgan fingerprint density at radius 3 is 1.93 bits per heavy atom. The van der Waals surface area contributed by atoms with Gasteiger partial charge < -0.3 is 4.42 Å². The van der Waals surface area contributed by atoms with E-state index in [9.17, 15) is 0 Å². The molecule has 0 bridgehead atoms. The van der Waals surface area contributed by atoms with Gasteiger partial charge in [0.15, 0.2) is 5.82 Å². The molecule has 0 spiro atoms. The summed E-state index contributed by atoms with van der Waals surface area (Å²) in [6.07, 6.45) is 0. The SMILES string of the molecule is c1ccc(-c2ccc(-c3nc(-c4cccc5oc6ccccc6c45)c4ccccc4n3)c(-c3ccccc3)c2)cc1. The van der Waals surface area contributed by atoms with Gasteiger partial charge in [0.1, 0.15) is 11.2 Å². The van der Waals surface area contributed by atoms with E-state index in [4.69, 9.17) is 14.4 Å². The van der Waals surface area contributed by atoms with Crippen LogP contribution < -0.4 is 0 Å². The molecule has 8 rings (SSSR count). The Morgan fingerprint density at radius 2 is 1.10 bits per heavy atom. The smallest absolute Gasteiger partial charge is 0.161 e. The first-order valence-corrected chi connectivity index (χ1v) is 13.8. The van der Waals surface area contributed by atoms with Gasteiger partial charge in [-0.3, -0.25) is 0 Å². The Labute approximate surface area is 237 Å². The molecule has 2 aromatic heterocycles. The van der Waals surface area contributed by atoms with Crippen LogP contribution in [0.2, 0.25) is 0 Å². The lowest BCUT2D eigenvalue weighted by Gasteiger charge is -2.15. The van der Waals surface area contributed by atoms with Gasteiger partial charge in [0.05, 0.1) is 11.2 Å². The molecule has 0 N–H and O–H groups in total. The van der Waals surface area contributed by atoms with Crippen LogP contribution >= 0.6 is 0 Å². The van der Waals surface area contributed by atoms with Gasteiger partial charge in [0.25, 0.3) is 0 Å². The van der Waals surface area contributed by atoms with Gasteiger partial charge in [-0.05, 0) is 52.6 Å². The number of para-hydroxylation sites is 2. The minimum Gasteiger partial charge on any atom is -0.456 e. The van der Waals surface area contributed by atoms with E-state index in [2.05, 4.69) is 97.1 Å². The second-order valence-corrected chi connectivity index (χ2v) is 10.2. The summed E-state index contributed by atoms with van der Waals surface area (Å²) in [5.74, 6) is 0.696. The third-order valence-corrected chi connectivity index (χ3v) is 7.71. The van der Waals surface area contributed by atoms with E-state index in [-0.39, 0.29) is 0 Å². The van der Waals surface area contributed by atoms with E-state index in [1.165, 1.54) is 5.56 Å². The van der Waals surface area contributed by atoms with Gasteiger partial charge in [-0.1, -0.05) is 115 Å². The van der Waals surface area contributed by atoms with Gasteiger partial charge in [0.2, 0.25) is 0 Å². The van der Waals surface area contributed by atoms with Gasteiger partial charge >= 0.3 is 0 Å². The summed E-state index contributed by atoms with van der Waals surface area (Å²) in [4.78, 5) is 10.4. The molecular formula is C38H24N2O. The van der Waals surface area contributed by atoms with E-state index in [0.717, 1.165) is 66.4 Å². The van der Waals surface area contributed by atoms with E-state index in [1.54, 1.807) is 0 Å². The molecule has 192 valence electrons. The summed E-state index contributed by atoms with van der Waals surface area (Å²) < 4.78 is 6.23. The molecule has 8 aromatic rings. The Kier molecular flexibility index (Phi) is 5.46. The van der Waals surface area contributed by atoms with Crippen LogP contribution in [-0.4, -0.2) is 9.97 Å². The summed E-state index contributed by atoms with van der Waals surface area (Å²) in [5.41, 5.74) is 10.1. The van der Waals surface area contributed by atoms with Crippen molar-refractivity contribution in [3.05, 3.63) is 146 Å². The fourth-order valence-corrected chi connectivity index (χ4v) is 5.78. The number of rotatable bonds is 4. The van der Waals surface area contributed by atoms with E-state index >= 15 is 0 Å². The van der Waals surface area contributed by atoms with Gasteiger partial charge in [0, 0.05) is 27.3 Å². The van der Waals surface area contributed by atoms with Crippen molar-refractivity contribution in [3.63, 3.8) is 0 Å². The number of hydrogen-bond donors (Lipinski definition) is 0. The summed E-state index contributed by atoms with van der Waals surface area (Å²) in [7, 11) is 0. The van der Waals surface area contributed by atoms with E-state index < -0.39 is 0 Å². The van der Waals surface area contributed by atoms with Crippen molar-refractivity contribution in [2.24, 2.45) is 0 Å². The molecule has 3 heteroatoms. The highest BCUT2D eigenvalue weighted by Gasteiger charge is 2.19. The maximum Gasteiger partial charge on any atom is 0.161 e. The van der Waals surface area contributed by atoms with Crippen molar-refractivity contribution in [3.8, 4) is 44.9 Å². The average Bonchev–Trinajstić information content (AvgIpc) is 3.44. The molecule has 41 heavy (non-hydrogen) atoms. The first kappa shape index (κ1) is 23.4. The predicted octanol–water partition coefficient (Wildman–Crippen LogP) is 10.2. The molecule has 0 unspecified atom stereocenters. The van der Waals surface area contributed by atoms with Crippen LogP contribution in [0.15, 0.2) is 150 Å². The zero-order valence-electron chi connectivity index (χ0n) is 22.2. The molecule has 0 amide bonds. The van der Waals surface area contributed by atoms with Crippen molar-refractivity contribution in [2.45, 2.75) is 0 Å². The Hall–Kier alpha value is -5.54. The average molecular weight is 525 g/mol. The second kappa shape index (κ2) is 9.58. The number of furan rings is 1. The van der Waals surface area contributed by atoms with Crippen LogP contribution in [-0.2, 0) is 0 Å². The van der Waals surface area contributed by atoms with Crippen molar-refractivity contribution >= 4 is 32.8 Å². The molecule has 3 nitrogen and oxygen atoms in total. The lowest BCUT2D eigenvalue weighted by atomic mass is 9.93. The molecule has 2 heterocycles. The summed E-state index contributed by atoms with van der Waals surface area (Å²) in [5, 5.41) is 3.16. The molecule has 0 fully saturated rings. The molecule has 0 radical (unpaired) electrons. The molecule has 0 saturated heterocycles. The maximum atomic E-state index is 6.23. The van der Waals surface area contributed by atoms with Crippen LogP contribution in [0.4, 0.5) is 0 Å². The standard InChI is InChI=1S/C38H24N2O/c1-3-12-25(13-4-1)27-22-23-28(32(24-27)26-14-5-2-6-15-26)38-39-33-19-9-7-16-29(33)37(40-38)31-18-11-21-35-36(31)30-17-8-10-20-34(30)41-35/h1-24H. The number of aromatic nitrogens is 2. The molecule has 6 aromatic carbocycles. The minimum atomic E-state index is 0.696. The Balaban J connectivity index is 1.41. The van der Waals surface area contributed by atoms with Crippen LogP contribution in [0, 0.1) is 0 Å². The highest BCUT2D eigenvalue weighted by molar-refractivity contribution is 6.14. The van der Waals surface area contributed by atoms with Crippen LogP contribution in [0.5, 0.6) is 0 Å². The van der Waals surface area contributed by atoms with Crippen LogP contribution in [0.3, 0.4) is 0 Å². The largest absolute Gasteiger partial charge is 0.456 e. The molecule has 0 aliphatic carbocycles. The highest BCUT2D eigenvalue weighted by atomic mass is 16.3. The van der Waals surface area contributed by atoms with Crippen molar-refractivity contribution < 1.29 is 4.42 Å². The van der Waals surface area contributed by atoms with Gasteiger partial charge in [-0.15, -0.1) is 0 Å². The molecular weight excluding hydrogens is 500 g/mol. The quantitative estimate of drug-likeness (QED) is 0.230. The van der Waals surface area contributed by atoms with Gasteiger partial charge in [-0.25, -0.2) is 9.97 Å². The lowest BCUT2D eigenvalue weighted by Crippen LogP contribution is -1.97. The number of fused-ring (bicyclic) bond motifs is 4. The van der Waals surface area contributed by atoms with Crippen molar-refractivity contribution in [1.29, 1.82) is 0 Å². The molecule has 0 aliphatic heterocycles. The second-order valence-electron chi connectivity index (χ2n) is 10.2. The number of benzene rings is 6. The zero-order valence-corrected chi connectivity index (χ0v) is 22.2. The minimum absolute atomic E-state index is 0.696. The zero-order chi connectivity index (χ0) is 27.2. The maximum absolute atomic E-state index is 6.23. The van der Waals surface area contributed by atoms with Crippen LogP contribution in [0.25, 0.3) is 77.7 Å². The van der Waals surface area contributed by atoms with Crippen LogP contribution in [0.1, 0.15) is 0 Å². The fraction of sp³-hybridized carbons (Fsp3) is 0. The first-order valence-electron chi connectivity index (χ1n) is 13.8. The van der Waals surface area contributed by atoms with E-state index in [0.29, 0.717) is 5.82 Å². The predicted molar refractivity (Wildman–Crippen MR) is 169 cm³/mol.